The number of hydrogen-bond donors (Lipinski definition) is 0. The van der Waals surface area contributed by atoms with Crippen molar-refractivity contribution < 1.29 is 9.32 Å². The molecule has 0 N–H and O–H groups in total. The summed E-state index contributed by atoms with van der Waals surface area (Å²) >= 11 is 1.61. The van der Waals surface area contributed by atoms with Gasteiger partial charge in [0, 0.05) is 38.2 Å². The van der Waals surface area contributed by atoms with Crippen LogP contribution in [0.5, 0.6) is 0 Å². The summed E-state index contributed by atoms with van der Waals surface area (Å²) in [6, 6.07) is 12.1. The molecule has 1 amide bonds. The van der Waals surface area contributed by atoms with Gasteiger partial charge in [-0.25, -0.2) is 0 Å². The molecule has 0 bridgehead atoms. The van der Waals surface area contributed by atoms with Crippen molar-refractivity contribution in [1.82, 2.24) is 19.9 Å². The fraction of sp³-hybridized carbons (Fsp3) is 0.435. The first-order valence-corrected chi connectivity index (χ1v) is 11.6. The molecule has 6 nitrogen and oxygen atoms in total. The molecule has 1 aliphatic rings. The van der Waals surface area contributed by atoms with E-state index in [9.17, 15) is 4.79 Å². The first-order chi connectivity index (χ1) is 14.7. The van der Waals surface area contributed by atoms with Crippen LogP contribution in [0.4, 0.5) is 0 Å². The normalized spacial score (nSPS) is 14.9. The minimum Gasteiger partial charge on any atom is -0.339 e. The summed E-state index contributed by atoms with van der Waals surface area (Å²) in [4.78, 5) is 22.6. The van der Waals surface area contributed by atoms with E-state index in [0.29, 0.717) is 11.7 Å². The molecule has 1 saturated heterocycles. The highest BCUT2D eigenvalue weighted by atomic mass is 32.1. The Balaban J connectivity index is 1.20. The summed E-state index contributed by atoms with van der Waals surface area (Å²) in [5, 5.41) is 6.08. The first kappa shape index (κ1) is 20.8. The summed E-state index contributed by atoms with van der Waals surface area (Å²) in [7, 11) is 0. The van der Waals surface area contributed by atoms with Crippen LogP contribution in [0.1, 0.15) is 41.6 Å². The van der Waals surface area contributed by atoms with Crippen LogP contribution >= 0.6 is 11.3 Å². The van der Waals surface area contributed by atoms with Crippen molar-refractivity contribution >= 4 is 17.2 Å². The van der Waals surface area contributed by atoms with E-state index in [0.717, 1.165) is 68.8 Å². The van der Waals surface area contributed by atoms with Gasteiger partial charge in [0.1, 0.15) is 0 Å². The Morgan fingerprint density at radius 3 is 2.60 bits per heavy atom. The predicted octanol–water partition coefficient (Wildman–Crippen LogP) is 4.14. The average Bonchev–Trinajstić information content (AvgIpc) is 3.47. The van der Waals surface area contributed by atoms with Crippen molar-refractivity contribution in [2.75, 3.05) is 32.7 Å². The Bertz CT molecular complexity index is 929. The number of benzene rings is 1. The number of carbonyl (C=O) groups is 1. The van der Waals surface area contributed by atoms with Crippen molar-refractivity contribution in [2.24, 2.45) is 0 Å². The van der Waals surface area contributed by atoms with Crippen molar-refractivity contribution in [3.8, 4) is 10.7 Å². The molecule has 4 rings (SSSR count). The molecule has 0 saturated carbocycles. The largest absolute Gasteiger partial charge is 0.339 e. The molecule has 0 aliphatic carbocycles. The van der Waals surface area contributed by atoms with Gasteiger partial charge in [-0.2, -0.15) is 4.98 Å². The molecule has 158 valence electrons. The minimum atomic E-state index is 0.143. The second kappa shape index (κ2) is 10.00. The lowest BCUT2D eigenvalue weighted by Crippen LogP contribution is -2.48. The van der Waals surface area contributed by atoms with Crippen LogP contribution in [0.15, 0.2) is 46.3 Å². The lowest BCUT2D eigenvalue weighted by atomic mass is 10.1. The number of amides is 1. The zero-order valence-electron chi connectivity index (χ0n) is 17.4. The Kier molecular flexibility index (Phi) is 6.92. The highest BCUT2D eigenvalue weighted by Gasteiger charge is 2.22. The molecule has 0 atom stereocenters. The molecule has 3 aromatic rings. The van der Waals surface area contributed by atoms with Crippen LogP contribution in [0.3, 0.4) is 0 Å². The van der Waals surface area contributed by atoms with E-state index in [-0.39, 0.29) is 5.91 Å². The van der Waals surface area contributed by atoms with E-state index in [1.165, 1.54) is 5.56 Å². The zero-order chi connectivity index (χ0) is 20.8. The van der Waals surface area contributed by atoms with Gasteiger partial charge in [-0.1, -0.05) is 36.7 Å². The molecular formula is C23H28N4O2S. The number of nitrogens with zero attached hydrogens (tertiary/aromatic N) is 4. The van der Waals surface area contributed by atoms with E-state index < -0.39 is 0 Å². The third-order valence-electron chi connectivity index (χ3n) is 5.47. The Labute approximate surface area is 181 Å². The van der Waals surface area contributed by atoms with Gasteiger partial charge >= 0.3 is 0 Å². The van der Waals surface area contributed by atoms with Crippen LogP contribution in [-0.2, 0) is 12.8 Å². The Morgan fingerprint density at radius 2 is 1.90 bits per heavy atom. The fourth-order valence-corrected chi connectivity index (χ4v) is 4.43. The van der Waals surface area contributed by atoms with Gasteiger partial charge in [-0.3, -0.25) is 9.69 Å². The average molecular weight is 425 g/mol. The molecule has 1 fully saturated rings. The van der Waals surface area contributed by atoms with E-state index >= 15 is 0 Å². The third-order valence-corrected chi connectivity index (χ3v) is 6.34. The number of hydrogen-bond acceptors (Lipinski definition) is 6. The van der Waals surface area contributed by atoms with Crippen molar-refractivity contribution in [3.05, 3.63) is 58.8 Å². The van der Waals surface area contributed by atoms with Gasteiger partial charge in [0.05, 0.1) is 4.88 Å². The minimum absolute atomic E-state index is 0.143. The number of carbonyl (C=O) groups excluding carboxylic acids is 1. The molecular weight excluding hydrogens is 396 g/mol. The number of aromatic nitrogens is 2. The highest BCUT2D eigenvalue weighted by molar-refractivity contribution is 7.13. The third kappa shape index (κ3) is 5.15. The smallest absolute Gasteiger partial charge is 0.253 e. The monoisotopic (exact) mass is 424 g/mol. The molecule has 1 aliphatic heterocycles. The Hall–Kier alpha value is -2.51. The predicted molar refractivity (Wildman–Crippen MR) is 119 cm³/mol. The SMILES string of the molecule is CCCc1ccc(C(=O)N2CCN(CCCc3nc(-c4cccs4)no3)CC2)cc1. The van der Waals surface area contributed by atoms with Crippen LogP contribution in [0, 0.1) is 0 Å². The van der Waals surface area contributed by atoms with Gasteiger partial charge in [0.25, 0.3) is 5.91 Å². The summed E-state index contributed by atoms with van der Waals surface area (Å²) in [5.41, 5.74) is 2.09. The van der Waals surface area contributed by atoms with Gasteiger partial charge in [0.2, 0.25) is 11.7 Å². The Morgan fingerprint density at radius 1 is 1.10 bits per heavy atom. The van der Waals surface area contributed by atoms with Crippen molar-refractivity contribution in [3.63, 3.8) is 0 Å². The number of rotatable bonds is 8. The lowest BCUT2D eigenvalue weighted by Gasteiger charge is -2.34. The van der Waals surface area contributed by atoms with Gasteiger partial charge in [-0.15, -0.1) is 11.3 Å². The summed E-state index contributed by atoms with van der Waals surface area (Å²) in [6.45, 7) is 6.51. The number of piperazine rings is 1. The topological polar surface area (TPSA) is 62.5 Å². The standard InChI is InChI=1S/C23H28N4O2S/c1-2-5-18-8-10-19(11-9-18)23(28)27-15-13-26(14-16-27)12-3-7-21-24-22(25-29-21)20-6-4-17-30-20/h4,6,8-11,17H,2-3,5,7,12-16H2,1H3. The molecule has 3 heterocycles. The van der Waals surface area contributed by atoms with Gasteiger partial charge < -0.3 is 9.42 Å². The molecule has 7 heteroatoms. The second-order valence-electron chi connectivity index (χ2n) is 7.67. The summed E-state index contributed by atoms with van der Waals surface area (Å²) < 4.78 is 5.37. The molecule has 0 radical (unpaired) electrons. The molecule has 2 aromatic heterocycles. The maximum atomic E-state index is 12.8. The number of thiophene rings is 1. The van der Waals surface area contributed by atoms with E-state index in [1.807, 2.05) is 34.5 Å². The molecule has 30 heavy (non-hydrogen) atoms. The van der Waals surface area contributed by atoms with Crippen molar-refractivity contribution in [1.29, 1.82) is 0 Å². The first-order valence-electron chi connectivity index (χ1n) is 10.7. The van der Waals surface area contributed by atoms with Crippen LogP contribution in [-0.4, -0.2) is 58.6 Å². The maximum Gasteiger partial charge on any atom is 0.253 e. The zero-order valence-corrected chi connectivity index (χ0v) is 18.2. The number of aryl methyl sites for hydroxylation is 2. The van der Waals surface area contributed by atoms with E-state index in [4.69, 9.17) is 4.52 Å². The summed E-state index contributed by atoms with van der Waals surface area (Å²) in [5.74, 6) is 1.51. The van der Waals surface area contributed by atoms with Crippen LogP contribution < -0.4 is 0 Å². The second-order valence-corrected chi connectivity index (χ2v) is 8.62. The van der Waals surface area contributed by atoms with Gasteiger partial charge in [0.15, 0.2) is 0 Å². The fourth-order valence-electron chi connectivity index (χ4n) is 3.78. The van der Waals surface area contributed by atoms with Gasteiger partial charge in [-0.05, 0) is 48.5 Å². The van der Waals surface area contributed by atoms with E-state index in [2.05, 4.69) is 34.1 Å². The maximum absolute atomic E-state index is 12.8. The molecule has 1 aromatic carbocycles. The van der Waals surface area contributed by atoms with Crippen LogP contribution in [0.25, 0.3) is 10.7 Å². The lowest BCUT2D eigenvalue weighted by molar-refractivity contribution is 0.0635. The quantitative estimate of drug-likeness (QED) is 0.544. The highest BCUT2D eigenvalue weighted by Crippen LogP contribution is 2.21. The molecule has 0 unspecified atom stereocenters. The van der Waals surface area contributed by atoms with E-state index in [1.54, 1.807) is 11.3 Å². The summed E-state index contributed by atoms with van der Waals surface area (Å²) in [6.07, 6.45) is 3.93. The van der Waals surface area contributed by atoms with Crippen LogP contribution in [0.2, 0.25) is 0 Å². The van der Waals surface area contributed by atoms with Crippen molar-refractivity contribution in [2.45, 2.75) is 32.6 Å². The molecule has 0 spiro atoms.